The molecule has 1 aromatic carbocycles. The first-order valence-electron chi connectivity index (χ1n) is 5.59. The molecule has 0 saturated heterocycles. The third-order valence-electron chi connectivity index (χ3n) is 2.54. The first-order chi connectivity index (χ1) is 8.63. The molecule has 0 bridgehead atoms. The van der Waals surface area contributed by atoms with Crippen molar-refractivity contribution >= 4 is 6.08 Å². The van der Waals surface area contributed by atoms with Gasteiger partial charge in [0.25, 0.3) is 0 Å². The van der Waals surface area contributed by atoms with Gasteiger partial charge in [-0.15, -0.1) is 0 Å². The normalized spacial score (nSPS) is 10.9. The second kappa shape index (κ2) is 5.31. The number of benzene rings is 1. The summed E-state index contributed by atoms with van der Waals surface area (Å²) < 4.78 is 5.49. The molecular formula is C14H13NO3. The van der Waals surface area contributed by atoms with Crippen LogP contribution in [0.1, 0.15) is 22.6 Å². The monoisotopic (exact) mass is 243 g/mol. The highest BCUT2D eigenvalue weighted by atomic mass is 16.6. The molecule has 0 fully saturated rings. The Morgan fingerprint density at radius 2 is 1.94 bits per heavy atom. The predicted octanol–water partition coefficient (Wildman–Crippen LogP) is 3.43. The first-order valence-corrected chi connectivity index (χ1v) is 5.59. The molecule has 1 aromatic heterocycles. The quantitative estimate of drug-likeness (QED) is 0.610. The Labute approximate surface area is 105 Å². The number of furan rings is 1. The van der Waals surface area contributed by atoms with Crippen LogP contribution >= 0.6 is 0 Å². The second-order valence-electron chi connectivity index (χ2n) is 4.03. The van der Waals surface area contributed by atoms with E-state index in [9.17, 15) is 10.1 Å². The van der Waals surface area contributed by atoms with Crippen molar-refractivity contribution in [3.05, 3.63) is 75.4 Å². The molecule has 4 nitrogen and oxygen atoms in total. The summed E-state index contributed by atoms with van der Waals surface area (Å²) in [6.07, 6.45) is 3.14. The van der Waals surface area contributed by atoms with E-state index in [1.807, 2.05) is 43.3 Å². The Morgan fingerprint density at radius 1 is 1.22 bits per heavy atom. The minimum atomic E-state index is -0.473. The number of aryl methyl sites for hydroxylation is 1. The molecule has 0 aliphatic heterocycles. The molecule has 0 unspecified atom stereocenters. The summed E-state index contributed by atoms with van der Waals surface area (Å²) in [5, 5.41) is 10.2. The zero-order chi connectivity index (χ0) is 13.0. The Hall–Kier alpha value is -2.36. The van der Waals surface area contributed by atoms with Gasteiger partial charge in [0.05, 0.1) is 4.92 Å². The van der Waals surface area contributed by atoms with Gasteiger partial charge in [-0.2, -0.15) is 0 Å². The maximum atomic E-state index is 10.2. The zero-order valence-electron chi connectivity index (χ0n) is 10.00. The number of hydrogen-bond donors (Lipinski definition) is 0. The predicted molar refractivity (Wildman–Crippen MR) is 68.7 cm³/mol. The van der Waals surface area contributed by atoms with Gasteiger partial charge in [-0.3, -0.25) is 10.1 Å². The fraction of sp³-hybridized carbons (Fsp3) is 0.143. The first kappa shape index (κ1) is 12.1. The summed E-state index contributed by atoms with van der Waals surface area (Å²) >= 11 is 0. The molecule has 0 amide bonds. The molecule has 92 valence electrons. The average Bonchev–Trinajstić information content (AvgIpc) is 2.74. The summed E-state index contributed by atoms with van der Waals surface area (Å²) in [5.41, 5.74) is 1.92. The molecule has 0 aliphatic carbocycles. The fourth-order valence-electron chi connectivity index (χ4n) is 1.67. The van der Waals surface area contributed by atoms with E-state index in [2.05, 4.69) is 0 Å². The molecule has 0 aliphatic rings. The minimum Gasteiger partial charge on any atom is -0.466 e. The van der Waals surface area contributed by atoms with Crippen molar-refractivity contribution in [3.8, 4) is 0 Å². The lowest BCUT2D eigenvalue weighted by Gasteiger charge is -1.99. The lowest BCUT2D eigenvalue weighted by Crippen LogP contribution is -1.86. The van der Waals surface area contributed by atoms with Crippen LogP contribution in [0.4, 0.5) is 0 Å². The minimum absolute atomic E-state index is 0.473. The molecule has 0 radical (unpaired) electrons. The lowest BCUT2D eigenvalue weighted by molar-refractivity contribution is -0.400. The van der Waals surface area contributed by atoms with E-state index in [-0.39, 0.29) is 0 Å². The van der Waals surface area contributed by atoms with Crippen molar-refractivity contribution in [1.29, 1.82) is 0 Å². The van der Waals surface area contributed by atoms with Gasteiger partial charge in [0.15, 0.2) is 0 Å². The molecule has 4 heteroatoms. The third-order valence-corrected chi connectivity index (χ3v) is 2.54. The number of nitrogens with zero attached hydrogens (tertiary/aromatic N) is 1. The highest BCUT2D eigenvalue weighted by Crippen LogP contribution is 2.14. The van der Waals surface area contributed by atoms with E-state index in [0.29, 0.717) is 0 Å². The van der Waals surface area contributed by atoms with E-state index in [1.165, 1.54) is 6.08 Å². The van der Waals surface area contributed by atoms with Crippen molar-refractivity contribution in [1.82, 2.24) is 0 Å². The number of hydrogen-bond acceptors (Lipinski definition) is 3. The van der Waals surface area contributed by atoms with Crippen LogP contribution in [0.25, 0.3) is 6.08 Å². The molecular weight excluding hydrogens is 230 g/mol. The van der Waals surface area contributed by atoms with Gasteiger partial charge in [-0.25, -0.2) is 0 Å². The molecule has 0 saturated carbocycles. The van der Waals surface area contributed by atoms with Crippen LogP contribution in [0.15, 0.2) is 47.0 Å². The SMILES string of the molecule is Cc1ccc(Cc2ccc(C=C[N+](=O)[O-])cc2)o1. The molecule has 0 N–H and O–H groups in total. The van der Waals surface area contributed by atoms with Gasteiger partial charge in [0.2, 0.25) is 6.20 Å². The van der Waals surface area contributed by atoms with Gasteiger partial charge in [-0.1, -0.05) is 24.3 Å². The van der Waals surface area contributed by atoms with Crippen molar-refractivity contribution in [3.63, 3.8) is 0 Å². The van der Waals surface area contributed by atoms with Crippen molar-refractivity contribution in [2.24, 2.45) is 0 Å². The van der Waals surface area contributed by atoms with Gasteiger partial charge in [-0.05, 0) is 30.2 Å². The van der Waals surface area contributed by atoms with Gasteiger partial charge in [0, 0.05) is 12.5 Å². The Kier molecular flexibility index (Phi) is 3.57. The van der Waals surface area contributed by atoms with Crippen LogP contribution < -0.4 is 0 Å². The van der Waals surface area contributed by atoms with E-state index in [1.54, 1.807) is 0 Å². The molecule has 1 heterocycles. The van der Waals surface area contributed by atoms with E-state index < -0.39 is 4.92 Å². The highest BCUT2D eigenvalue weighted by Gasteiger charge is 2.00. The summed E-state index contributed by atoms with van der Waals surface area (Å²) in [6, 6.07) is 11.5. The van der Waals surface area contributed by atoms with Crippen LogP contribution in [0, 0.1) is 17.0 Å². The standard InChI is InChI=1S/C14H13NO3/c1-11-2-7-14(18-11)10-13-5-3-12(4-6-13)8-9-15(16)17/h2-9H,10H2,1H3. The Balaban J connectivity index is 2.06. The number of rotatable bonds is 4. The third kappa shape index (κ3) is 3.31. The largest absolute Gasteiger partial charge is 0.466 e. The molecule has 0 spiro atoms. The zero-order valence-corrected chi connectivity index (χ0v) is 10.00. The fourth-order valence-corrected chi connectivity index (χ4v) is 1.67. The summed E-state index contributed by atoms with van der Waals surface area (Å²) in [6.45, 7) is 1.91. The molecule has 2 rings (SSSR count). The Bertz CT molecular complexity index is 567. The maximum absolute atomic E-state index is 10.2. The van der Waals surface area contributed by atoms with Gasteiger partial charge < -0.3 is 4.42 Å². The van der Waals surface area contributed by atoms with Crippen LogP contribution in [0.2, 0.25) is 0 Å². The summed E-state index contributed by atoms with van der Waals surface area (Å²) in [4.78, 5) is 9.72. The maximum Gasteiger partial charge on any atom is 0.235 e. The average molecular weight is 243 g/mol. The second-order valence-corrected chi connectivity index (χ2v) is 4.03. The summed E-state index contributed by atoms with van der Waals surface area (Å²) in [7, 11) is 0. The van der Waals surface area contributed by atoms with Crippen LogP contribution in [-0.4, -0.2) is 4.92 Å². The smallest absolute Gasteiger partial charge is 0.235 e. The molecule has 0 atom stereocenters. The van der Waals surface area contributed by atoms with E-state index >= 15 is 0 Å². The van der Waals surface area contributed by atoms with E-state index in [4.69, 9.17) is 4.42 Å². The van der Waals surface area contributed by atoms with Crippen molar-refractivity contribution in [2.45, 2.75) is 13.3 Å². The van der Waals surface area contributed by atoms with E-state index in [0.717, 1.165) is 35.3 Å². The van der Waals surface area contributed by atoms with Crippen molar-refractivity contribution < 1.29 is 9.34 Å². The summed E-state index contributed by atoms with van der Waals surface area (Å²) in [5.74, 6) is 1.82. The number of nitro groups is 1. The molecule has 2 aromatic rings. The van der Waals surface area contributed by atoms with Crippen LogP contribution in [0.5, 0.6) is 0 Å². The topological polar surface area (TPSA) is 56.3 Å². The van der Waals surface area contributed by atoms with Gasteiger partial charge >= 0.3 is 0 Å². The van der Waals surface area contributed by atoms with Crippen molar-refractivity contribution in [2.75, 3.05) is 0 Å². The van der Waals surface area contributed by atoms with Gasteiger partial charge in [0.1, 0.15) is 11.5 Å². The lowest BCUT2D eigenvalue weighted by atomic mass is 10.1. The molecule has 18 heavy (non-hydrogen) atoms. The van der Waals surface area contributed by atoms with Crippen LogP contribution in [0.3, 0.4) is 0 Å². The van der Waals surface area contributed by atoms with Crippen LogP contribution in [-0.2, 0) is 6.42 Å². The Morgan fingerprint density at radius 3 is 2.50 bits per heavy atom. The highest BCUT2D eigenvalue weighted by molar-refractivity contribution is 5.48.